The second-order valence-corrected chi connectivity index (χ2v) is 5.52. The van der Waals surface area contributed by atoms with Gasteiger partial charge in [0.2, 0.25) is 0 Å². The molecule has 0 bridgehead atoms. The number of nitrogens with zero attached hydrogens (tertiary/aromatic N) is 4. The van der Waals surface area contributed by atoms with Crippen LogP contribution in [0.3, 0.4) is 0 Å². The van der Waals surface area contributed by atoms with Gasteiger partial charge in [-0.2, -0.15) is 9.78 Å². The molecule has 7 heteroatoms. The minimum absolute atomic E-state index is 0.150. The molecule has 1 atom stereocenters. The van der Waals surface area contributed by atoms with Gasteiger partial charge in [-0.05, 0) is 39.7 Å². The summed E-state index contributed by atoms with van der Waals surface area (Å²) in [6, 6.07) is 3.69. The van der Waals surface area contributed by atoms with Crippen LogP contribution in [0.1, 0.15) is 29.9 Å². The fourth-order valence-electron chi connectivity index (χ4n) is 2.53. The van der Waals surface area contributed by atoms with E-state index in [9.17, 15) is 4.79 Å². The molecule has 2 aromatic heterocycles. The molecule has 1 amide bonds. The first-order chi connectivity index (χ1) is 10.5. The van der Waals surface area contributed by atoms with Gasteiger partial charge < -0.3 is 10.1 Å². The van der Waals surface area contributed by atoms with Crippen LogP contribution < -0.4 is 5.32 Å². The monoisotopic (exact) mass is 301 g/mol. The van der Waals surface area contributed by atoms with E-state index in [2.05, 4.69) is 20.4 Å². The number of amides is 1. The standard InChI is InChI=1S/C15H19N5O2/c1-9-7-10(2)17-15(16-9)20-13(8-11(3)19-20)18-14(21)12-5-4-6-22-12/h7-8,12H,4-6H2,1-3H3,(H,18,21). The van der Waals surface area contributed by atoms with Crippen molar-refractivity contribution in [2.75, 3.05) is 11.9 Å². The molecule has 1 fully saturated rings. The van der Waals surface area contributed by atoms with Crippen molar-refractivity contribution < 1.29 is 9.53 Å². The Bertz CT molecular complexity index is 684. The Morgan fingerprint density at radius 3 is 2.59 bits per heavy atom. The molecule has 0 spiro atoms. The third kappa shape index (κ3) is 2.99. The van der Waals surface area contributed by atoms with E-state index >= 15 is 0 Å². The van der Waals surface area contributed by atoms with Gasteiger partial charge in [-0.15, -0.1) is 0 Å². The summed E-state index contributed by atoms with van der Waals surface area (Å²) in [6.07, 6.45) is 1.28. The maximum absolute atomic E-state index is 12.2. The molecule has 1 N–H and O–H groups in total. The highest BCUT2D eigenvalue weighted by molar-refractivity contribution is 5.93. The second-order valence-electron chi connectivity index (χ2n) is 5.52. The molecule has 1 aliphatic heterocycles. The molecule has 0 aromatic carbocycles. The van der Waals surface area contributed by atoms with E-state index in [1.807, 2.05) is 26.8 Å². The molecule has 2 aromatic rings. The van der Waals surface area contributed by atoms with Crippen molar-refractivity contribution >= 4 is 11.7 Å². The number of carbonyl (C=O) groups is 1. The van der Waals surface area contributed by atoms with E-state index in [1.54, 1.807) is 10.7 Å². The molecular weight excluding hydrogens is 282 g/mol. The van der Waals surface area contributed by atoms with E-state index in [0.717, 1.165) is 29.9 Å². The van der Waals surface area contributed by atoms with Crippen molar-refractivity contribution in [1.29, 1.82) is 0 Å². The van der Waals surface area contributed by atoms with Crippen LogP contribution in [0.2, 0.25) is 0 Å². The van der Waals surface area contributed by atoms with E-state index < -0.39 is 0 Å². The highest BCUT2D eigenvalue weighted by atomic mass is 16.5. The number of ether oxygens (including phenoxy) is 1. The molecule has 116 valence electrons. The number of carbonyl (C=O) groups excluding carboxylic acids is 1. The van der Waals surface area contributed by atoms with Crippen molar-refractivity contribution in [1.82, 2.24) is 19.7 Å². The lowest BCUT2D eigenvalue weighted by Crippen LogP contribution is -2.28. The molecule has 0 aliphatic carbocycles. The second kappa shape index (κ2) is 5.84. The molecule has 1 aliphatic rings. The summed E-state index contributed by atoms with van der Waals surface area (Å²) in [7, 11) is 0. The van der Waals surface area contributed by atoms with Gasteiger partial charge in [0.05, 0.1) is 5.69 Å². The van der Waals surface area contributed by atoms with E-state index in [4.69, 9.17) is 4.74 Å². The van der Waals surface area contributed by atoms with Crippen LogP contribution in [0, 0.1) is 20.8 Å². The summed E-state index contributed by atoms with van der Waals surface area (Å²) in [5.41, 5.74) is 2.49. The molecule has 3 rings (SSSR count). The van der Waals surface area contributed by atoms with E-state index in [0.29, 0.717) is 18.4 Å². The minimum Gasteiger partial charge on any atom is -0.368 e. The number of hydrogen-bond acceptors (Lipinski definition) is 5. The number of hydrogen-bond donors (Lipinski definition) is 1. The average molecular weight is 301 g/mol. The van der Waals surface area contributed by atoms with Crippen molar-refractivity contribution in [3.05, 3.63) is 29.2 Å². The van der Waals surface area contributed by atoms with Crippen LogP contribution >= 0.6 is 0 Å². The van der Waals surface area contributed by atoms with Gasteiger partial charge in [-0.25, -0.2) is 9.97 Å². The predicted molar refractivity (Wildman–Crippen MR) is 81.0 cm³/mol. The first-order valence-electron chi connectivity index (χ1n) is 7.35. The van der Waals surface area contributed by atoms with Crippen LogP contribution in [0.5, 0.6) is 0 Å². The van der Waals surface area contributed by atoms with Crippen molar-refractivity contribution in [2.24, 2.45) is 0 Å². The van der Waals surface area contributed by atoms with Crippen molar-refractivity contribution in [2.45, 2.75) is 39.7 Å². The normalized spacial score (nSPS) is 17.7. The van der Waals surface area contributed by atoms with Gasteiger partial charge in [-0.1, -0.05) is 0 Å². The Labute approximate surface area is 128 Å². The van der Waals surface area contributed by atoms with Gasteiger partial charge in [0, 0.05) is 24.1 Å². The van der Waals surface area contributed by atoms with Crippen LogP contribution in [0.4, 0.5) is 5.82 Å². The lowest BCUT2D eigenvalue weighted by Gasteiger charge is -2.11. The van der Waals surface area contributed by atoms with E-state index in [-0.39, 0.29) is 12.0 Å². The largest absolute Gasteiger partial charge is 0.368 e. The highest BCUT2D eigenvalue weighted by Gasteiger charge is 2.25. The predicted octanol–water partition coefficient (Wildman–Crippen LogP) is 1.71. The Kier molecular flexibility index (Phi) is 3.89. The van der Waals surface area contributed by atoms with Gasteiger partial charge in [0.25, 0.3) is 11.9 Å². The zero-order valence-electron chi connectivity index (χ0n) is 13.0. The van der Waals surface area contributed by atoms with Crippen LogP contribution in [0.25, 0.3) is 5.95 Å². The maximum atomic E-state index is 12.2. The lowest BCUT2D eigenvalue weighted by molar-refractivity contribution is -0.124. The number of nitrogens with one attached hydrogen (secondary N) is 1. The van der Waals surface area contributed by atoms with E-state index in [1.165, 1.54) is 0 Å². The molecule has 0 saturated carbocycles. The summed E-state index contributed by atoms with van der Waals surface area (Å²) in [6.45, 7) is 6.30. The first-order valence-corrected chi connectivity index (χ1v) is 7.35. The Morgan fingerprint density at radius 1 is 1.23 bits per heavy atom. The highest BCUT2D eigenvalue weighted by Crippen LogP contribution is 2.18. The third-order valence-corrected chi connectivity index (χ3v) is 3.46. The van der Waals surface area contributed by atoms with Gasteiger partial charge in [0.15, 0.2) is 0 Å². The molecular formula is C15H19N5O2. The fourth-order valence-corrected chi connectivity index (χ4v) is 2.53. The molecule has 7 nitrogen and oxygen atoms in total. The minimum atomic E-state index is -0.385. The smallest absolute Gasteiger partial charge is 0.254 e. The SMILES string of the molecule is Cc1cc(C)nc(-n2nc(C)cc2NC(=O)C2CCCO2)n1. The number of anilines is 1. The molecule has 0 radical (unpaired) electrons. The zero-order valence-corrected chi connectivity index (χ0v) is 13.0. The average Bonchev–Trinajstić information content (AvgIpc) is 3.07. The van der Waals surface area contributed by atoms with Crippen molar-refractivity contribution in [3.8, 4) is 5.95 Å². The number of aryl methyl sites for hydroxylation is 3. The Hall–Kier alpha value is -2.28. The lowest BCUT2D eigenvalue weighted by atomic mass is 10.2. The summed E-state index contributed by atoms with van der Waals surface area (Å²) in [5, 5.41) is 7.25. The first kappa shape index (κ1) is 14.6. The topological polar surface area (TPSA) is 81.9 Å². The van der Waals surface area contributed by atoms with Gasteiger partial charge >= 0.3 is 0 Å². The van der Waals surface area contributed by atoms with Crippen LogP contribution in [-0.4, -0.2) is 38.4 Å². The summed E-state index contributed by atoms with van der Waals surface area (Å²) in [5.74, 6) is 0.860. The number of rotatable bonds is 3. The molecule has 1 unspecified atom stereocenters. The van der Waals surface area contributed by atoms with Crippen LogP contribution in [-0.2, 0) is 9.53 Å². The maximum Gasteiger partial charge on any atom is 0.254 e. The molecule has 3 heterocycles. The summed E-state index contributed by atoms with van der Waals surface area (Å²) < 4.78 is 6.96. The third-order valence-electron chi connectivity index (χ3n) is 3.46. The summed E-state index contributed by atoms with van der Waals surface area (Å²) in [4.78, 5) is 21.0. The Balaban J connectivity index is 1.90. The fraction of sp³-hybridized carbons (Fsp3) is 0.467. The number of aromatic nitrogens is 4. The van der Waals surface area contributed by atoms with Gasteiger partial charge in [-0.3, -0.25) is 4.79 Å². The Morgan fingerprint density at radius 2 is 1.95 bits per heavy atom. The van der Waals surface area contributed by atoms with Gasteiger partial charge in [0.1, 0.15) is 11.9 Å². The van der Waals surface area contributed by atoms with Crippen LogP contribution in [0.15, 0.2) is 12.1 Å². The van der Waals surface area contributed by atoms with Crippen molar-refractivity contribution in [3.63, 3.8) is 0 Å². The molecule has 1 saturated heterocycles. The molecule has 22 heavy (non-hydrogen) atoms. The zero-order chi connectivity index (χ0) is 15.7. The summed E-state index contributed by atoms with van der Waals surface area (Å²) >= 11 is 0. The quantitative estimate of drug-likeness (QED) is 0.933.